The highest BCUT2D eigenvalue weighted by Crippen LogP contribution is 2.35. The van der Waals surface area contributed by atoms with E-state index in [1.807, 2.05) is 41.1 Å². The zero-order valence-electron chi connectivity index (χ0n) is 20.2. The summed E-state index contributed by atoms with van der Waals surface area (Å²) in [6.45, 7) is 0.426. The highest BCUT2D eigenvalue weighted by atomic mass is 32.2. The van der Waals surface area contributed by atoms with Crippen molar-refractivity contribution in [1.82, 2.24) is 9.47 Å². The van der Waals surface area contributed by atoms with E-state index in [9.17, 15) is 24.5 Å². The number of para-hydroxylation sites is 1. The Balaban J connectivity index is 1.43. The number of hydrogen-bond acceptors (Lipinski definition) is 7. The highest BCUT2D eigenvalue weighted by molar-refractivity contribution is 8.18. The van der Waals surface area contributed by atoms with Crippen LogP contribution in [0.1, 0.15) is 27.0 Å². The number of non-ortho nitro benzene ring substituents is 1. The van der Waals surface area contributed by atoms with Gasteiger partial charge < -0.3 is 9.30 Å². The molecule has 1 aliphatic rings. The molecule has 1 aromatic heterocycles. The van der Waals surface area contributed by atoms with Gasteiger partial charge in [0.2, 0.25) is 0 Å². The summed E-state index contributed by atoms with van der Waals surface area (Å²) in [4.78, 5) is 49.7. The molecule has 3 aromatic carbocycles. The van der Waals surface area contributed by atoms with Crippen molar-refractivity contribution in [1.29, 1.82) is 0 Å². The summed E-state index contributed by atoms with van der Waals surface area (Å²) < 4.78 is 6.84. The van der Waals surface area contributed by atoms with E-state index in [4.69, 9.17) is 4.74 Å². The van der Waals surface area contributed by atoms with Crippen LogP contribution in [0.4, 0.5) is 10.5 Å². The normalized spacial score (nSPS) is 14.4. The molecule has 0 aliphatic carbocycles. The van der Waals surface area contributed by atoms with Crippen LogP contribution in [0.5, 0.6) is 0 Å². The molecule has 1 fully saturated rings. The average molecular weight is 528 g/mol. The Morgan fingerprint density at radius 2 is 1.74 bits per heavy atom. The van der Waals surface area contributed by atoms with Crippen molar-refractivity contribution in [2.24, 2.45) is 0 Å². The van der Waals surface area contributed by atoms with Crippen LogP contribution >= 0.6 is 11.8 Å². The molecule has 0 saturated carbocycles. The number of hydrogen-bond donors (Lipinski definition) is 0. The molecule has 0 radical (unpaired) electrons. The first-order valence-corrected chi connectivity index (χ1v) is 12.4. The molecule has 10 heteroatoms. The predicted molar refractivity (Wildman–Crippen MR) is 143 cm³/mol. The summed E-state index contributed by atoms with van der Waals surface area (Å²) in [5, 5.41) is 11.6. The van der Waals surface area contributed by atoms with Crippen molar-refractivity contribution in [3.05, 3.63) is 116 Å². The number of carbonyl (C=O) groups is 3. The van der Waals surface area contributed by atoms with Crippen LogP contribution < -0.4 is 0 Å². The molecule has 0 unspecified atom stereocenters. The molecule has 1 saturated heterocycles. The summed E-state index contributed by atoms with van der Waals surface area (Å²) in [5.74, 6) is -0.861. The minimum atomic E-state index is -0.515. The second-order valence-corrected chi connectivity index (χ2v) is 9.61. The standard InChI is InChI=1S/C28H21N3O6S/c1-37-27(33)20-8-4-6-18(12-20)15-29-17-21(23-10-2-3-11-24(23)29)14-25-26(32)30(28(34)38-25)16-19-7-5-9-22(13-19)31(35)36/h2-14,17H,15-16H2,1H3/b25-14-. The SMILES string of the molecule is COC(=O)c1cccc(Cn2cc(/C=C3\SC(=O)N(Cc4cccc([N+](=O)[O-])c4)C3=O)c3ccccc32)c1. The van der Waals surface area contributed by atoms with Crippen LogP contribution in [0.15, 0.2) is 83.9 Å². The van der Waals surface area contributed by atoms with Crippen LogP contribution in [-0.2, 0) is 22.6 Å². The highest BCUT2D eigenvalue weighted by Gasteiger charge is 2.35. The van der Waals surface area contributed by atoms with Gasteiger partial charge in [-0.15, -0.1) is 0 Å². The molecule has 0 N–H and O–H groups in total. The van der Waals surface area contributed by atoms with Gasteiger partial charge in [-0.3, -0.25) is 24.6 Å². The van der Waals surface area contributed by atoms with Gasteiger partial charge in [-0.25, -0.2) is 4.79 Å². The van der Waals surface area contributed by atoms with E-state index in [1.165, 1.54) is 25.3 Å². The molecule has 190 valence electrons. The monoisotopic (exact) mass is 527 g/mol. The second kappa shape index (κ2) is 10.3. The fourth-order valence-electron chi connectivity index (χ4n) is 4.36. The molecule has 1 aliphatic heterocycles. The summed E-state index contributed by atoms with van der Waals surface area (Å²) in [7, 11) is 1.34. The number of amides is 2. The van der Waals surface area contributed by atoms with Crippen molar-refractivity contribution < 1.29 is 24.0 Å². The maximum absolute atomic E-state index is 13.1. The van der Waals surface area contributed by atoms with E-state index in [0.29, 0.717) is 17.7 Å². The van der Waals surface area contributed by atoms with Gasteiger partial charge in [-0.05, 0) is 47.2 Å². The number of thioether (sulfide) groups is 1. The predicted octanol–water partition coefficient (Wildman–Crippen LogP) is 5.62. The second-order valence-electron chi connectivity index (χ2n) is 8.62. The molecule has 9 nitrogen and oxygen atoms in total. The van der Waals surface area contributed by atoms with E-state index >= 15 is 0 Å². The Morgan fingerprint density at radius 1 is 1.00 bits per heavy atom. The maximum Gasteiger partial charge on any atom is 0.337 e. The third kappa shape index (κ3) is 4.94. The third-order valence-corrected chi connectivity index (χ3v) is 7.05. The number of rotatable bonds is 7. The fraction of sp³-hybridized carbons (Fsp3) is 0.107. The maximum atomic E-state index is 13.1. The van der Waals surface area contributed by atoms with Gasteiger partial charge in [0.05, 0.1) is 29.0 Å². The van der Waals surface area contributed by atoms with Crippen molar-refractivity contribution >= 4 is 51.5 Å². The van der Waals surface area contributed by atoms with Crippen molar-refractivity contribution in [2.45, 2.75) is 13.1 Å². The summed E-state index contributed by atoms with van der Waals surface area (Å²) in [6.07, 6.45) is 3.60. The molecule has 0 spiro atoms. The topological polar surface area (TPSA) is 112 Å². The lowest BCUT2D eigenvalue weighted by Crippen LogP contribution is -2.27. The number of esters is 1. The number of benzene rings is 3. The Labute approximate surface area is 221 Å². The number of ether oxygens (including phenoxy) is 1. The molecular formula is C28H21N3O6S. The molecule has 4 aromatic rings. The quantitative estimate of drug-likeness (QED) is 0.133. The minimum absolute atomic E-state index is 0.0536. The van der Waals surface area contributed by atoms with Gasteiger partial charge in [0.1, 0.15) is 0 Å². The van der Waals surface area contributed by atoms with Gasteiger partial charge in [-0.2, -0.15) is 0 Å². The molecule has 38 heavy (non-hydrogen) atoms. The van der Waals surface area contributed by atoms with Crippen LogP contribution in [0, 0.1) is 10.1 Å². The lowest BCUT2D eigenvalue weighted by molar-refractivity contribution is -0.384. The fourth-order valence-corrected chi connectivity index (χ4v) is 5.19. The van der Waals surface area contributed by atoms with Crippen LogP contribution in [0.3, 0.4) is 0 Å². The zero-order chi connectivity index (χ0) is 26.8. The van der Waals surface area contributed by atoms with Crippen LogP contribution in [0.2, 0.25) is 0 Å². The first-order chi connectivity index (χ1) is 18.3. The Hall–Kier alpha value is -4.70. The minimum Gasteiger partial charge on any atom is -0.465 e. The van der Waals surface area contributed by atoms with Gasteiger partial charge in [0.15, 0.2) is 0 Å². The molecule has 2 heterocycles. The Kier molecular flexibility index (Phi) is 6.80. The first kappa shape index (κ1) is 25.0. The van der Waals surface area contributed by atoms with Gasteiger partial charge in [0.25, 0.3) is 16.8 Å². The van der Waals surface area contributed by atoms with E-state index in [0.717, 1.165) is 38.7 Å². The van der Waals surface area contributed by atoms with Gasteiger partial charge >= 0.3 is 5.97 Å². The summed E-state index contributed by atoms with van der Waals surface area (Å²) in [6, 6.07) is 20.8. The smallest absolute Gasteiger partial charge is 0.337 e. The number of nitrogens with zero attached hydrogens (tertiary/aromatic N) is 3. The number of fused-ring (bicyclic) bond motifs is 1. The van der Waals surface area contributed by atoms with Gasteiger partial charge in [-0.1, -0.05) is 42.5 Å². The van der Waals surface area contributed by atoms with Crippen molar-refractivity contribution in [2.75, 3.05) is 7.11 Å². The van der Waals surface area contributed by atoms with Crippen molar-refractivity contribution in [3.8, 4) is 0 Å². The van der Waals surface area contributed by atoms with E-state index < -0.39 is 22.0 Å². The summed E-state index contributed by atoms with van der Waals surface area (Å²) >= 11 is 0.840. The lowest BCUT2D eigenvalue weighted by Gasteiger charge is -2.12. The number of aromatic nitrogens is 1. The van der Waals surface area contributed by atoms with Gasteiger partial charge in [0, 0.05) is 41.3 Å². The average Bonchev–Trinajstić information content (AvgIpc) is 3.40. The first-order valence-electron chi connectivity index (χ1n) is 11.6. The number of carbonyl (C=O) groups excluding carboxylic acids is 3. The van der Waals surface area contributed by atoms with Crippen LogP contribution in [-0.4, -0.2) is 38.6 Å². The van der Waals surface area contributed by atoms with Crippen LogP contribution in [0.25, 0.3) is 17.0 Å². The molecule has 0 atom stereocenters. The molecule has 2 amide bonds. The van der Waals surface area contributed by atoms with E-state index in [-0.39, 0.29) is 17.1 Å². The van der Waals surface area contributed by atoms with E-state index in [1.54, 1.807) is 30.3 Å². The third-order valence-electron chi connectivity index (χ3n) is 6.14. The Bertz CT molecular complexity index is 1640. The van der Waals surface area contributed by atoms with E-state index in [2.05, 4.69) is 0 Å². The number of imide groups is 1. The lowest BCUT2D eigenvalue weighted by atomic mass is 10.1. The van der Waals surface area contributed by atoms with Crippen molar-refractivity contribution in [3.63, 3.8) is 0 Å². The molecule has 0 bridgehead atoms. The Morgan fingerprint density at radius 3 is 2.50 bits per heavy atom. The number of nitro groups is 1. The summed E-state index contributed by atoms with van der Waals surface area (Å²) in [5.41, 5.74) is 3.45. The largest absolute Gasteiger partial charge is 0.465 e. The number of nitro benzene ring substituents is 1. The zero-order valence-corrected chi connectivity index (χ0v) is 21.0. The molecule has 5 rings (SSSR count). The molecular weight excluding hydrogens is 506 g/mol. The number of methoxy groups -OCH3 is 1.